The second-order valence-electron chi connectivity index (χ2n) is 6.55. The number of imidazole rings is 1. The van der Waals surface area contributed by atoms with E-state index in [9.17, 15) is 9.59 Å². The molecule has 0 saturated carbocycles. The van der Waals surface area contributed by atoms with E-state index in [1.54, 1.807) is 7.05 Å². The minimum Gasteiger partial charge on any atom is -0.335 e. The van der Waals surface area contributed by atoms with E-state index in [0.29, 0.717) is 29.7 Å². The number of aromatic nitrogens is 4. The van der Waals surface area contributed by atoms with Crippen molar-refractivity contribution in [2.24, 2.45) is 20.0 Å². The first kappa shape index (κ1) is 15.0. The van der Waals surface area contributed by atoms with Gasteiger partial charge in [0.15, 0.2) is 5.65 Å². The Labute approximate surface area is 128 Å². The summed E-state index contributed by atoms with van der Waals surface area (Å²) in [4.78, 5) is 34.1. The number of hydrogen-bond acceptors (Lipinski definition) is 4. The van der Waals surface area contributed by atoms with Crippen molar-refractivity contribution in [3.63, 3.8) is 0 Å². The summed E-state index contributed by atoms with van der Waals surface area (Å²) in [5, 5.41) is 0. The number of rotatable bonds is 2. The Bertz CT molecular complexity index is 816. The molecular weight excluding hydrogens is 282 g/mol. The van der Waals surface area contributed by atoms with Crippen LogP contribution in [-0.4, -0.2) is 36.6 Å². The largest absolute Gasteiger partial charge is 0.335 e. The van der Waals surface area contributed by atoms with Crippen LogP contribution in [-0.2, 0) is 20.6 Å². The monoisotopic (exact) mass is 305 g/mol. The molecule has 2 aromatic rings. The van der Waals surface area contributed by atoms with E-state index in [2.05, 4.69) is 28.7 Å². The van der Waals surface area contributed by atoms with Gasteiger partial charge in [0.25, 0.3) is 5.56 Å². The van der Waals surface area contributed by atoms with Gasteiger partial charge in [-0.1, -0.05) is 6.92 Å². The molecule has 1 aliphatic heterocycles. The minimum absolute atomic E-state index is 0.322. The molecule has 1 N–H and O–H groups in total. The number of aromatic amines is 1. The average molecular weight is 305 g/mol. The average Bonchev–Trinajstić information content (AvgIpc) is 2.91. The molecule has 0 aromatic carbocycles. The minimum atomic E-state index is -0.351. The quantitative estimate of drug-likeness (QED) is 0.880. The maximum absolute atomic E-state index is 12.2. The molecule has 1 aliphatic rings. The number of fused-ring (bicyclic) bond motifs is 1. The number of piperidine rings is 1. The summed E-state index contributed by atoms with van der Waals surface area (Å²) in [6.45, 7) is 6.20. The van der Waals surface area contributed by atoms with E-state index in [4.69, 9.17) is 0 Å². The van der Waals surface area contributed by atoms with Gasteiger partial charge >= 0.3 is 5.69 Å². The lowest BCUT2D eigenvalue weighted by Crippen LogP contribution is -2.40. The zero-order valence-electron chi connectivity index (χ0n) is 13.6. The standard InChI is InChI=1S/C15H23N5O2/c1-9-5-6-10(2)20(7-9)8-11-16-12-13(17-11)18(3)15(22)19(4)14(12)21/h9-10H,5-8H2,1-4H3,(H,16,17). The van der Waals surface area contributed by atoms with Crippen LogP contribution in [0.2, 0.25) is 0 Å². The molecule has 120 valence electrons. The van der Waals surface area contributed by atoms with Crippen molar-refractivity contribution in [3.05, 3.63) is 26.7 Å². The summed E-state index contributed by atoms with van der Waals surface area (Å²) >= 11 is 0. The normalized spacial score (nSPS) is 23.3. The Kier molecular flexibility index (Phi) is 3.68. The summed E-state index contributed by atoms with van der Waals surface area (Å²) < 4.78 is 2.52. The molecule has 2 unspecified atom stereocenters. The van der Waals surface area contributed by atoms with Crippen LogP contribution >= 0.6 is 0 Å². The molecular formula is C15H23N5O2. The summed E-state index contributed by atoms with van der Waals surface area (Å²) in [7, 11) is 3.12. The van der Waals surface area contributed by atoms with Crippen LogP contribution in [0.4, 0.5) is 0 Å². The van der Waals surface area contributed by atoms with Crippen molar-refractivity contribution in [3.8, 4) is 0 Å². The molecule has 0 aliphatic carbocycles. The van der Waals surface area contributed by atoms with Crippen LogP contribution in [0.1, 0.15) is 32.5 Å². The zero-order chi connectivity index (χ0) is 16.0. The zero-order valence-corrected chi connectivity index (χ0v) is 13.6. The van der Waals surface area contributed by atoms with Gasteiger partial charge in [0.1, 0.15) is 11.3 Å². The van der Waals surface area contributed by atoms with Gasteiger partial charge in [-0.25, -0.2) is 9.78 Å². The first-order chi connectivity index (χ1) is 10.4. The topological polar surface area (TPSA) is 75.9 Å². The number of hydrogen-bond donors (Lipinski definition) is 1. The lowest BCUT2D eigenvalue weighted by molar-refractivity contribution is 0.115. The third-order valence-corrected chi connectivity index (χ3v) is 4.74. The molecule has 3 heterocycles. The summed E-state index contributed by atoms with van der Waals surface area (Å²) in [5.41, 5.74) is 0.158. The second kappa shape index (κ2) is 5.39. The van der Waals surface area contributed by atoms with Crippen LogP contribution in [0.5, 0.6) is 0 Å². The Morgan fingerprint density at radius 3 is 2.64 bits per heavy atom. The van der Waals surface area contributed by atoms with Crippen LogP contribution in [0.3, 0.4) is 0 Å². The van der Waals surface area contributed by atoms with E-state index in [0.717, 1.165) is 16.9 Å². The number of aryl methyl sites for hydroxylation is 1. The maximum atomic E-state index is 12.2. The van der Waals surface area contributed by atoms with E-state index < -0.39 is 0 Å². The molecule has 1 fully saturated rings. The van der Waals surface area contributed by atoms with Crippen LogP contribution in [0, 0.1) is 5.92 Å². The molecule has 2 aromatic heterocycles. The van der Waals surface area contributed by atoms with Gasteiger partial charge in [0.05, 0.1) is 6.54 Å². The summed E-state index contributed by atoms with van der Waals surface area (Å²) in [5.74, 6) is 1.42. The van der Waals surface area contributed by atoms with Gasteiger partial charge in [0, 0.05) is 26.7 Å². The summed E-state index contributed by atoms with van der Waals surface area (Å²) in [6.07, 6.45) is 2.44. The number of H-pyrrole nitrogens is 1. The van der Waals surface area contributed by atoms with Crippen molar-refractivity contribution in [1.29, 1.82) is 0 Å². The van der Waals surface area contributed by atoms with Gasteiger partial charge < -0.3 is 4.98 Å². The third-order valence-electron chi connectivity index (χ3n) is 4.74. The fourth-order valence-electron chi connectivity index (χ4n) is 3.24. The van der Waals surface area contributed by atoms with Crippen LogP contribution < -0.4 is 11.2 Å². The number of nitrogens with one attached hydrogen (secondary N) is 1. The number of nitrogens with zero attached hydrogens (tertiary/aromatic N) is 4. The van der Waals surface area contributed by atoms with Crippen LogP contribution in [0.15, 0.2) is 9.59 Å². The van der Waals surface area contributed by atoms with E-state index in [1.807, 2.05) is 0 Å². The van der Waals surface area contributed by atoms with Crippen LogP contribution in [0.25, 0.3) is 11.2 Å². The lowest BCUT2D eigenvalue weighted by Gasteiger charge is -2.36. The maximum Gasteiger partial charge on any atom is 0.332 e. The highest BCUT2D eigenvalue weighted by Gasteiger charge is 2.24. The summed E-state index contributed by atoms with van der Waals surface area (Å²) in [6, 6.07) is 0.510. The van der Waals surface area contributed by atoms with Crippen molar-refractivity contribution >= 4 is 11.2 Å². The molecule has 1 saturated heterocycles. The SMILES string of the molecule is CC1CCC(C)N(Cc2nc3c([nH]2)c(=O)n(C)c(=O)n3C)C1. The van der Waals surface area contributed by atoms with Gasteiger partial charge in [-0.2, -0.15) is 0 Å². The van der Waals surface area contributed by atoms with Gasteiger partial charge in [-0.15, -0.1) is 0 Å². The molecule has 0 amide bonds. The van der Waals surface area contributed by atoms with Crippen molar-refractivity contribution in [1.82, 2.24) is 24.0 Å². The van der Waals surface area contributed by atoms with E-state index in [-0.39, 0.29) is 11.2 Å². The van der Waals surface area contributed by atoms with Crippen molar-refractivity contribution in [2.75, 3.05) is 6.54 Å². The van der Waals surface area contributed by atoms with Gasteiger partial charge in [-0.3, -0.25) is 18.8 Å². The highest BCUT2D eigenvalue weighted by atomic mass is 16.2. The molecule has 22 heavy (non-hydrogen) atoms. The molecule has 0 spiro atoms. The smallest absolute Gasteiger partial charge is 0.332 e. The Hall–Kier alpha value is -1.89. The fraction of sp³-hybridized carbons (Fsp3) is 0.667. The number of likely N-dealkylation sites (tertiary alicyclic amines) is 1. The van der Waals surface area contributed by atoms with E-state index in [1.165, 1.54) is 24.5 Å². The highest BCUT2D eigenvalue weighted by molar-refractivity contribution is 5.69. The predicted molar refractivity (Wildman–Crippen MR) is 84.8 cm³/mol. The third kappa shape index (κ3) is 2.39. The Morgan fingerprint density at radius 2 is 1.91 bits per heavy atom. The molecule has 2 atom stereocenters. The van der Waals surface area contributed by atoms with Crippen molar-refractivity contribution < 1.29 is 0 Å². The Morgan fingerprint density at radius 1 is 1.18 bits per heavy atom. The van der Waals surface area contributed by atoms with Crippen molar-refractivity contribution in [2.45, 2.75) is 39.3 Å². The molecule has 0 radical (unpaired) electrons. The molecule has 7 heteroatoms. The second-order valence-corrected chi connectivity index (χ2v) is 6.55. The molecule has 0 bridgehead atoms. The first-order valence-corrected chi connectivity index (χ1v) is 7.77. The highest BCUT2D eigenvalue weighted by Crippen LogP contribution is 2.22. The van der Waals surface area contributed by atoms with Gasteiger partial charge in [-0.05, 0) is 25.7 Å². The Balaban J connectivity index is 1.99. The van der Waals surface area contributed by atoms with E-state index >= 15 is 0 Å². The lowest BCUT2D eigenvalue weighted by atomic mass is 9.95. The molecule has 3 rings (SSSR count). The molecule has 7 nitrogen and oxygen atoms in total. The van der Waals surface area contributed by atoms with Gasteiger partial charge in [0.2, 0.25) is 0 Å². The fourth-order valence-corrected chi connectivity index (χ4v) is 3.24. The predicted octanol–water partition coefficient (Wildman–Crippen LogP) is 0.581. The first-order valence-electron chi connectivity index (χ1n) is 7.77.